The minimum atomic E-state index is -1.06. The van der Waals surface area contributed by atoms with E-state index < -0.39 is 12.0 Å². The Bertz CT molecular complexity index is 637. The van der Waals surface area contributed by atoms with Crippen LogP contribution in [0, 0.1) is 0 Å². The number of rotatable bonds is 23. The van der Waals surface area contributed by atoms with Crippen LogP contribution in [0.3, 0.4) is 0 Å². The molecule has 1 unspecified atom stereocenters. The van der Waals surface area contributed by atoms with Gasteiger partial charge < -0.3 is 15.2 Å². The minimum absolute atomic E-state index is 0.0332. The van der Waals surface area contributed by atoms with Gasteiger partial charge in [0.05, 0.1) is 13.2 Å². The molecule has 0 aromatic heterocycles. The maximum absolute atomic E-state index is 12.1. The van der Waals surface area contributed by atoms with Gasteiger partial charge in [-0.05, 0) is 18.4 Å². The molecule has 0 saturated heterocycles. The number of alkyl halides is 1. The molecule has 37 heavy (non-hydrogen) atoms. The van der Waals surface area contributed by atoms with Crippen molar-refractivity contribution in [3.63, 3.8) is 0 Å². The predicted octanol–water partition coefficient (Wildman–Crippen LogP) is 8.67. The van der Waals surface area contributed by atoms with Crippen molar-refractivity contribution >= 4 is 23.5 Å². The van der Waals surface area contributed by atoms with Gasteiger partial charge in [-0.15, -0.1) is 11.6 Å². The van der Waals surface area contributed by atoms with E-state index in [2.05, 4.69) is 19.2 Å². The first-order chi connectivity index (χ1) is 18.0. The van der Waals surface area contributed by atoms with Crippen LogP contribution in [-0.2, 0) is 20.9 Å². The molecular weight excluding hydrogens is 486 g/mol. The topological polar surface area (TPSA) is 75.6 Å². The summed E-state index contributed by atoms with van der Waals surface area (Å²) in [6, 6.07) is 8.57. The molecule has 0 heterocycles. The molecule has 0 bridgehead atoms. The van der Waals surface area contributed by atoms with Crippen LogP contribution in [0.15, 0.2) is 30.3 Å². The number of amides is 1. The summed E-state index contributed by atoms with van der Waals surface area (Å²) in [4.78, 5) is 23.4. The van der Waals surface area contributed by atoms with Gasteiger partial charge in [-0.3, -0.25) is 4.79 Å². The van der Waals surface area contributed by atoms with E-state index in [1.165, 1.54) is 83.5 Å². The minimum Gasteiger partial charge on any atom is -0.480 e. The van der Waals surface area contributed by atoms with E-state index in [0.717, 1.165) is 30.7 Å². The lowest BCUT2D eigenvalue weighted by Crippen LogP contribution is -2.43. The third kappa shape index (κ3) is 24.5. The lowest BCUT2D eigenvalue weighted by Gasteiger charge is -2.15. The van der Waals surface area contributed by atoms with E-state index in [9.17, 15) is 14.7 Å². The monoisotopic (exact) mass is 539 g/mol. The fraction of sp³-hybridized carbons (Fsp3) is 0.742. The van der Waals surface area contributed by atoms with Crippen LogP contribution in [0.1, 0.15) is 129 Å². The fourth-order valence-electron chi connectivity index (χ4n) is 3.96. The largest absolute Gasteiger partial charge is 0.480 e. The quantitative estimate of drug-likeness (QED) is 0.108. The Labute approximate surface area is 232 Å². The number of unbranched alkanes of at least 4 members (excludes halogenated alkanes) is 14. The summed E-state index contributed by atoms with van der Waals surface area (Å²) in [5, 5.41) is 11.9. The van der Waals surface area contributed by atoms with Crippen LogP contribution in [0.25, 0.3) is 0 Å². The Morgan fingerprint density at radius 2 is 1.27 bits per heavy atom. The third-order valence-corrected chi connectivity index (χ3v) is 6.54. The number of ether oxygens (including phenoxy) is 1. The van der Waals surface area contributed by atoms with Crippen molar-refractivity contribution in [1.82, 2.24) is 5.32 Å². The Kier molecular flexibility index (Phi) is 26.3. The van der Waals surface area contributed by atoms with E-state index in [-0.39, 0.29) is 12.5 Å². The van der Waals surface area contributed by atoms with Crippen LogP contribution in [0.5, 0.6) is 0 Å². The maximum atomic E-state index is 12.1. The summed E-state index contributed by atoms with van der Waals surface area (Å²) in [7, 11) is 0. The highest BCUT2D eigenvalue weighted by Gasteiger charge is 2.19. The molecule has 1 atom stereocenters. The number of carboxylic acids is 1. The zero-order valence-corrected chi connectivity index (χ0v) is 24.4. The summed E-state index contributed by atoms with van der Waals surface area (Å²) in [6.45, 7) is 4.73. The van der Waals surface area contributed by atoms with Crippen LogP contribution >= 0.6 is 11.6 Å². The summed E-state index contributed by atoms with van der Waals surface area (Å²) >= 11 is 5.38. The molecule has 6 heteroatoms. The van der Waals surface area contributed by atoms with Gasteiger partial charge in [-0.1, -0.05) is 134 Å². The van der Waals surface area contributed by atoms with Gasteiger partial charge in [0.15, 0.2) is 6.04 Å². The molecule has 0 aliphatic rings. The number of benzene rings is 1. The summed E-state index contributed by atoms with van der Waals surface area (Å²) in [6.07, 6.45) is 20.4. The van der Waals surface area contributed by atoms with Crippen LogP contribution in [0.4, 0.5) is 0 Å². The van der Waals surface area contributed by atoms with Crippen molar-refractivity contribution in [3.8, 4) is 0 Å². The molecule has 0 aliphatic carbocycles. The van der Waals surface area contributed by atoms with Crippen LogP contribution in [0.2, 0.25) is 0 Å². The zero-order valence-electron chi connectivity index (χ0n) is 23.7. The van der Waals surface area contributed by atoms with Gasteiger partial charge >= 0.3 is 5.97 Å². The second kappa shape index (κ2) is 27.4. The molecule has 0 saturated carbocycles. The average molecular weight is 540 g/mol. The Balaban J connectivity index is 0.00000192. The Morgan fingerprint density at radius 1 is 0.784 bits per heavy atom. The molecule has 214 valence electrons. The van der Waals surface area contributed by atoms with Gasteiger partial charge in [0.25, 0.3) is 0 Å². The predicted molar refractivity (Wildman–Crippen MR) is 156 cm³/mol. The van der Waals surface area contributed by atoms with Crippen molar-refractivity contribution in [3.05, 3.63) is 35.9 Å². The Hall–Kier alpha value is -1.59. The number of carboxylic acid groups (broad SMARTS) is 1. The van der Waals surface area contributed by atoms with Gasteiger partial charge in [-0.25, -0.2) is 4.79 Å². The molecule has 1 aromatic carbocycles. The number of hydrogen-bond donors (Lipinski definition) is 2. The first kappa shape index (κ1) is 35.4. The molecule has 0 radical (unpaired) electrons. The second-order valence-electron chi connectivity index (χ2n) is 9.85. The number of aliphatic carboxylic acids is 1. The van der Waals surface area contributed by atoms with Gasteiger partial charge in [0.1, 0.15) is 0 Å². The standard InChI is InChI=1S/C26H43NO4.C5H11Cl/c1-2-3-4-5-6-7-8-9-10-11-12-13-17-20-25(28)27-24(26(29)30)22-31-21-23-18-15-14-16-19-23;1-2-3-4-5-6/h14-16,18-19,24H,2-13,17,20-22H2,1H3,(H,27,28)(H,29,30);2-5H2,1H3. The first-order valence-electron chi connectivity index (χ1n) is 14.7. The lowest BCUT2D eigenvalue weighted by atomic mass is 10.0. The normalized spacial score (nSPS) is 11.4. The van der Waals surface area contributed by atoms with Crippen molar-refractivity contribution in [2.75, 3.05) is 12.5 Å². The molecule has 0 spiro atoms. The number of nitrogens with one attached hydrogen (secondary N) is 1. The van der Waals surface area contributed by atoms with Gasteiger partial charge in [0, 0.05) is 12.3 Å². The molecule has 1 rings (SSSR count). The highest BCUT2D eigenvalue weighted by atomic mass is 35.5. The van der Waals surface area contributed by atoms with Crippen molar-refractivity contribution in [2.24, 2.45) is 0 Å². The number of carbonyl (C=O) groups excluding carboxylic acids is 1. The van der Waals surface area contributed by atoms with E-state index in [0.29, 0.717) is 13.0 Å². The number of halogens is 1. The van der Waals surface area contributed by atoms with Crippen LogP contribution < -0.4 is 5.32 Å². The zero-order chi connectivity index (χ0) is 27.4. The molecule has 0 aliphatic heterocycles. The summed E-state index contributed by atoms with van der Waals surface area (Å²) < 4.78 is 5.47. The molecule has 1 amide bonds. The van der Waals surface area contributed by atoms with Crippen molar-refractivity contribution in [1.29, 1.82) is 0 Å². The fourth-order valence-corrected chi connectivity index (χ4v) is 4.15. The molecule has 2 N–H and O–H groups in total. The summed E-state index contributed by atoms with van der Waals surface area (Å²) in [5.74, 6) is -0.445. The highest BCUT2D eigenvalue weighted by molar-refractivity contribution is 6.17. The maximum Gasteiger partial charge on any atom is 0.328 e. The van der Waals surface area contributed by atoms with Gasteiger partial charge in [-0.2, -0.15) is 0 Å². The molecule has 1 aromatic rings. The third-order valence-electron chi connectivity index (χ3n) is 6.27. The average Bonchev–Trinajstić information content (AvgIpc) is 2.90. The lowest BCUT2D eigenvalue weighted by molar-refractivity contribution is -0.143. The van der Waals surface area contributed by atoms with E-state index in [1.54, 1.807) is 0 Å². The Morgan fingerprint density at radius 3 is 1.73 bits per heavy atom. The molecule has 5 nitrogen and oxygen atoms in total. The number of carbonyl (C=O) groups is 2. The SMILES string of the molecule is CCCCCCCCCCCCCCCC(=O)NC(COCc1ccccc1)C(=O)O.CCCCCCl. The van der Waals surface area contributed by atoms with Gasteiger partial charge in [0.2, 0.25) is 5.91 Å². The van der Waals surface area contributed by atoms with Crippen LogP contribution in [-0.4, -0.2) is 35.5 Å². The second-order valence-corrected chi connectivity index (χ2v) is 10.2. The molecular formula is C31H54ClNO4. The van der Waals surface area contributed by atoms with Crippen molar-refractivity contribution in [2.45, 2.75) is 136 Å². The smallest absolute Gasteiger partial charge is 0.328 e. The summed E-state index contributed by atoms with van der Waals surface area (Å²) in [5.41, 5.74) is 0.977. The first-order valence-corrected chi connectivity index (χ1v) is 15.3. The van der Waals surface area contributed by atoms with E-state index in [1.807, 2.05) is 30.3 Å². The van der Waals surface area contributed by atoms with E-state index in [4.69, 9.17) is 16.3 Å². The number of hydrogen-bond acceptors (Lipinski definition) is 3. The van der Waals surface area contributed by atoms with Crippen molar-refractivity contribution < 1.29 is 19.4 Å². The van der Waals surface area contributed by atoms with E-state index >= 15 is 0 Å². The highest BCUT2D eigenvalue weighted by Crippen LogP contribution is 2.13. The molecule has 0 fully saturated rings.